The Morgan fingerprint density at radius 2 is 1.76 bits per heavy atom. The van der Waals surface area contributed by atoms with Gasteiger partial charge in [-0.25, -0.2) is 9.99 Å². The molecule has 0 fully saturated rings. The SMILES string of the molecule is CC(=O)N(C)N(Cc1ccc2c(cnn2C)c1)C(=O)c1ccc2nc(N)c3cnn(C)c3c2c1. The summed E-state index contributed by atoms with van der Waals surface area (Å²) in [5.41, 5.74) is 9.85. The fourth-order valence-corrected chi connectivity index (χ4v) is 4.21. The molecule has 0 aliphatic heterocycles. The third kappa shape index (κ3) is 3.40. The van der Waals surface area contributed by atoms with Crippen LogP contribution in [0.2, 0.25) is 0 Å². The number of aryl methyl sites for hydroxylation is 2. The molecule has 10 nitrogen and oxygen atoms in total. The zero-order chi connectivity index (χ0) is 24.1. The second-order valence-electron chi connectivity index (χ2n) is 8.33. The highest BCUT2D eigenvalue weighted by Gasteiger charge is 2.24. The molecule has 0 radical (unpaired) electrons. The Morgan fingerprint density at radius 1 is 1.00 bits per heavy atom. The maximum atomic E-state index is 13.7. The number of carbonyl (C=O) groups excluding carboxylic acids is 2. The summed E-state index contributed by atoms with van der Waals surface area (Å²) in [6.07, 6.45) is 3.44. The summed E-state index contributed by atoms with van der Waals surface area (Å²) in [6.45, 7) is 1.65. The minimum atomic E-state index is -0.307. The van der Waals surface area contributed by atoms with E-state index >= 15 is 0 Å². The van der Waals surface area contributed by atoms with E-state index in [-0.39, 0.29) is 18.4 Å². The van der Waals surface area contributed by atoms with Crippen molar-refractivity contribution in [2.45, 2.75) is 13.5 Å². The van der Waals surface area contributed by atoms with E-state index in [2.05, 4.69) is 15.2 Å². The Hall–Kier alpha value is -4.47. The van der Waals surface area contributed by atoms with E-state index in [0.29, 0.717) is 16.9 Å². The van der Waals surface area contributed by atoms with Gasteiger partial charge in [0, 0.05) is 44.4 Å². The van der Waals surface area contributed by atoms with E-state index in [1.807, 2.05) is 32.3 Å². The van der Waals surface area contributed by atoms with Crippen molar-refractivity contribution < 1.29 is 9.59 Å². The van der Waals surface area contributed by atoms with Crippen molar-refractivity contribution >= 4 is 50.3 Å². The number of benzene rings is 2. The Morgan fingerprint density at radius 3 is 2.53 bits per heavy atom. The lowest BCUT2D eigenvalue weighted by Gasteiger charge is -2.31. The zero-order valence-corrected chi connectivity index (χ0v) is 19.4. The summed E-state index contributed by atoms with van der Waals surface area (Å²) in [7, 11) is 5.29. The molecule has 172 valence electrons. The van der Waals surface area contributed by atoms with Crippen LogP contribution in [-0.2, 0) is 25.4 Å². The highest BCUT2D eigenvalue weighted by molar-refractivity contribution is 6.10. The molecule has 5 rings (SSSR count). The van der Waals surface area contributed by atoms with Gasteiger partial charge in [0.25, 0.3) is 5.91 Å². The Bertz CT molecular complexity index is 1600. The molecular formula is C24H24N8O2. The summed E-state index contributed by atoms with van der Waals surface area (Å²) in [5.74, 6) is -0.170. The first-order valence-electron chi connectivity index (χ1n) is 10.7. The first kappa shape index (κ1) is 21.4. The number of nitrogens with zero attached hydrogens (tertiary/aromatic N) is 7. The Kier molecular flexibility index (Phi) is 4.93. The number of pyridine rings is 1. The molecule has 0 bridgehead atoms. The summed E-state index contributed by atoms with van der Waals surface area (Å²) in [6, 6.07) is 11.1. The van der Waals surface area contributed by atoms with Crippen LogP contribution >= 0.6 is 0 Å². The molecule has 3 heterocycles. The van der Waals surface area contributed by atoms with Crippen LogP contribution in [0.5, 0.6) is 0 Å². The molecule has 0 aliphatic carbocycles. The summed E-state index contributed by atoms with van der Waals surface area (Å²) in [4.78, 5) is 30.4. The molecule has 34 heavy (non-hydrogen) atoms. The van der Waals surface area contributed by atoms with Crippen LogP contribution in [0.1, 0.15) is 22.8 Å². The van der Waals surface area contributed by atoms with Crippen LogP contribution in [0, 0.1) is 0 Å². The zero-order valence-electron chi connectivity index (χ0n) is 19.4. The van der Waals surface area contributed by atoms with Crippen molar-refractivity contribution in [1.82, 2.24) is 34.6 Å². The molecule has 2 aromatic carbocycles. The van der Waals surface area contributed by atoms with E-state index in [9.17, 15) is 9.59 Å². The maximum absolute atomic E-state index is 13.7. The highest BCUT2D eigenvalue weighted by atomic mass is 16.2. The minimum absolute atomic E-state index is 0.221. The molecule has 3 aromatic heterocycles. The summed E-state index contributed by atoms with van der Waals surface area (Å²) < 4.78 is 3.51. The van der Waals surface area contributed by atoms with Gasteiger partial charge in [0.05, 0.1) is 40.9 Å². The number of amides is 2. The van der Waals surface area contributed by atoms with Crippen LogP contribution < -0.4 is 5.73 Å². The molecule has 0 saturated heterocycles. The predicted molar refractivity (Wildman–Crippen MR) is 129 cm³/mol. The van der Waals surface area contributed by atoms with E-state index in [1.165, 1.54) is 16.9 Å². The average Bonchev–Trinajstić information content (AvgIpc) is 3.39. The third-order valence-electron chi connectivity index (χ3n) is 6.15. The molecule has 0 aliphatic rings. The van der Waals surface area contributed by atoms with E-state index in [4.69, 9.17) is 5.73 Å². The lowest BCUT2D eigenvalue weighted by molar-refractivity contribution is -0.140. The smallest absolute Gasteiger partial charge is 0.272 e. The van der Waals surface area contributed by atoms with Gasteiger partial charge in [-0.2, -0.15) is 10.2 Å². The second-order valence-corrected chi connectivity index (χ2v) is 8.33. The molecule has 2 amide bonds. The first-order valence-corrected chi connectivity index (χ1v) is 10.7. The van der Waals surface area contributed by atoms with Gasteiger partial charge in [-0.15, -0.1) is 0 Å². The third-order valence-corrected chi connectivity index (χ3v) is 6.15. The first-order chi connectivity index (χ1) is 16.2. The monoisotopic (exact) mass is 456 g/mol. The van der Waals surface area contributed by atoms with Crippen LogP contribution in [0.3, 0.4) is 0 Å². The topological polar surface area (TPSA) is 115 Å². The number of anilines is 1. The lowest BCUT2D eigenvalue weighted by atomic mass is 10.1. The quantitative estimate of drug-likeness (QED) is 0.417. The molecule has 0 spiro atoms. The van der Waals surface area contributed by atoms with Crippen molar-refractivity contribution in [2.24, 2.45) is 14.1 Å². The number of carbonyl (C=O) groups is 2. The fraction of sp³-hybridized carbons (Fsp3) is 0.208. The molecule has 10 heteroatoms. The summed E-state index contributed by atoms with van der Waals surface area (Å²) in [5, 5.41) is 13.8. The van der Waals surface area contributed by atoms with Crippen LogP contribution in [0.4, 0.5) is 5.82 Å². The van der Waals surface area contributed by atoms with E-state index < -0.39 is 0 Å². The normalized spacial score (nSPS) is 11.4. The standard InChI is InChI=1S/C24H24N8O2/c1-14(33)31(4)32(13-15-5-8-21-17(9-15)11-26-29(21)2)24(34)16-6-7-20-18(10-16)22-19(23(25)28-20)12-27-30(22)3/h5-12H,13H2,1-4H3,(H2,25,28). The van der Waals surface area contributed by atoms with Gasteiger partial charge in [-0.05, 0) is 35.9 Å². The number of hydrazine groups is 1. The molecule has 2 N–H and O–H groups in total. The van der Waals surface area contributed by atoms with Gasteiger partial charge in [-0.3, -0.25) is 24.0 Å². The second kappa shape index (κ2) is 7.84. The number of hydrogen-bond donors (Lipinski definition) is 1. The lowest BCUT2D eigenvalue weighted by Crippen LogP contribution is -2.46. The number of nitrogen functional groups attached to an aromatic ring is 1. The van der Waals surface area contributed by atoms with Gasteiger partial charge < -0.3 is 5.73 Å². The Labute approximate surface area is 195 Å². The highest BCUT2D eigenvalue weighted by Crippen LogP contribution is 2.29. The number of aromatic nitrogens is 5. The number of fused-ring (bicyclic) bond motifs is 4. The predicted octanol–water partition coefficient (Wildman–Crippen LogP) is 2.63. The van der Waals surface area contributed by atoms with Crippen molar-refractivity contribution in [1.29, 1.82) is 0 Å². The van der Waals surface area contributed by atoms with Crippen molar-refractivity contribution in [3.05, 3.63) is 59.9 Å². The molecule has 5 aromatic rings. The van der Waals surface area contributed by atoms with Gasteiger partial charge in [0.1, 0.15) is 5.82 Å². The van der Waals surface area contributed by atoms with Gasteiger partial charge in [0.2, 0.25) is 5.91 Å². The van der Waals surface area contributed by atoms with Crippen LogP contribution in [-0.4, -0.2) is 53.4 Å². The van der Waals surface area contributed by atoms with Gasteiger partial charge in [-0.1, -0.05) is 6.07 Å². The van der Waals surface area contributed by atoms with Crippen molar-refractivity contribution in [2.75, 3.05) is 12.8 Å². The summed E-state index contributed by atoms with van der Waals surface area (Å²) >= 11 is 0. The number of nitrogens with two attached hydrogens (primary N) is 1. The van der Waals surface area contributed by atoms with E-state index in [0.717, 1.165) is 32.8 Å². The van der Waals surface area contributed by atoms with Crippen molar-refractivity contribution in [3.63, 3.8) is 0 Å². The van der Waals surface area contributed by atoms with Crippen molar-refractivity contribution in [3.8, 4) is 0 Å². The number of hydrogen-bond acceptors (Lipinski definition) is 6. The van der Waals surface area contributed by atoms with Gasteiger partial charge >= 0.3 is 0 Å². The Balaban J connectivity index is 1.57. The number of rotatable bonds is 3. The molecule has 0 unspecified atom stereocenters. The van der Waals surface area contributed by atoms with Crippen LogP contribution in [0.15, 0.2) is 48.8 Å². The average molecular weight is 457 g/mol. The minimum Gasteiger partial charge on any atom is -0.383 e. The van der Waals surface area contributed by atoms with Crippen LogP contribution in [0.25, 0.3) is 32.7 Å². The largest absolute Gasteiger partial charge is 0.383 e. The van der Waals surface area contributed by atoms with E-state index in [1.54, 1.807) is 47.0 Å². The maximum Gasteiger partial charge on any atom is 0.272 e. The molecule has 0 saturated carbocycles. The molecular weight excluding hydrogens is 432 g/mol. The molecule has 0 atom stereocenters. The van der Waals surface area contributed by atoms with Gasteiger partial charge in [0.15, 0.2) is 0 Å². The fourth-order valence-electron chi connectivity index (χ4n) is 4.21.